The molecule has 0 spiro atoms. The van der Waals surface area contributed by atoms with Crippen molar-refractivity contribution >= 4 is 12.3 Å². The molecule has 0 aromatic heterocycles. The molecule has 0 amide bonds. The summed E-state index contributed by atoms with van der Waals surface area (Å²) < 4.78 is 5.50. The number of fused-ring (bicyclic) bond motifs is 1. The van der Waals surface area contributed by atoms with Gasteiger partial charge in [0.25, 0.3) is 0 Å². The summed E-state index contributed by atoms with van der Waals surface area (Å²) in [7, 11) is 0. The van der Waals surface area contributed by atoms with Crippen LogP contribution in [0.5, 0.6) is 0 Å². The van der Waals surface area contributed by atoms with Crippen LogP contribution in [-0.4, -0.2) is 18.4 Å². The molecule has 5 atom stereocenters. The molecular formula is C15H24O3. The van der Waals surface area contributed by atoms with E-state index in [4.69, 9.17) is 4.74 Å². The number of carbonyl (C=O) groups excluding carboxylic acids is 2. The molecule has 0 heterocycles. The summed E-state index contributed by atoms with van der Waals surface area (Å²) >= 11 is 0. The fourth-order valence-corrected chi connectivity index (χ4v) is 4.47. The molecule has 2 aliphatic carbocycles. The lowest BCUT2D eigenvalue weighted by Gasteiger charge is -2.45. The Morgan fingerprint density at radius 3 is 2.72 bits per heavy atom. The predicted molar refractivity (Wildman–Crippen MR) is 69.0 cm³/mol. The van der Waals surface area contributed by atoms with Crippen molar-refractivity contribution in [2.45, 2.75) is 59.0 Å². The summed E-state index contributed by atoms with van der Waals surface area (Å²) in [4.78, 5) is 22.3. The van der Waals surface area contributed by atoms with Crippen molar-refractivity contribution in [3.05, 3.63) is 0 Å². The maximum Gasteiger partial charge on any atom is 0.302 e. The highest BCUT2D eigenvalue weighted by Gasteiger charge is 2.53. The zero-order valence-electron chi connectivity index (χ0n) is 11.6. The fourth-order valence-electron chi connectivity index (χ4n) is 4.47. The molecular weight excluding hydrogens is 228 g/mol. The lowest BCUT2D eigenvalue weighted by molar-refractivity contribution is -0.155. The van der Waals surface area contributed by atoms with Crippen molar-refractivity contribution < 1.29 is 14.3 Å². The van der Waals surface area contributed by atoms with Gasteiger partial charge < -0.3 is 9.53 Å². The number of esters is 1. The van der Waals surface area contributed by atoms with Crippen LogP contribution in [-0.2, 0) is 14.3 Å². The van der Waals surface area contributed by atoms with Gasteiger partial charge in [0.2, 0.25) is 0 Å². The van der Waals surface area contributed by atoms with Crippen LogP contribution in [0.1, 0.15) is 52.9 Å². The molecule has 0 radical (unpaired) electrons. The number of ether oxygens (including phenoxy) is 1. The minimum Gasteiger partial charge on any atom is -0.462 e. The van der Waals surface area contributed by atoms with Crippen LogP contribution in [0.25, 0.3) is 0 Å². The van der Waals surface area contributed by atoms with Crippen LogP contribution in [0.3, 0.4) is 0 Å². The molecule has 0 aliphatic heterocycles. The highest BCUT2D eigenvalue weighted by atomic mass is 16.5. The van der Waals surface area contributed by atoms with Gasteiger partial charge in [-0.3, -0.25) is 4.79 Å². The molecule has 0 aromatic carbocycles. The predicted octanol–water partition coefficient (Wildman–Crippen LogP) is 2.97. The molecule has 0 saturated heterocycles. The summed E-state index contributed by atoms with van der Waals surface area (Å²) in [6.45, 7) is 5.82. The first-order valence-corrected chi connectivity index (χ1v) is 7.11. The van der Waals surface area contributed by atoms with E-state index in [0.717, 1.165) is 38.4 Å². The van der Waals surface area contributed by atoms with E-state index in [1.807, 2.05) is 6.92 Å². The summed E-state index contributed by atoms with van der Waals surface area (Å²) in [5, 5.41) is 0. The number of hydrogen-bond donors (Lipinski definition) is 0. The van der Waals surface area contributed by atoms with Crippen LogP contribution in [0, 0.1) is 23.2 Å². The zero-order chi connectivity index (χ0) is 13.3. The molecule has 2 rings (SSSR count). The Morgan fingerprint density at radius 2 is 2.11 bits per heavy atom. The number of carbonyl (C=O) groups is 2. The van der Waals surface area contributed by atoms with E-state index in [-0.39, 0.29) is 23.4 Å². The molecule has 18 heavy (non-hydrogen) atoms. The molecule has 3 heteroatoms. The smallest absolute Gasteiger partial charge is 0.302 e. The molecule has 2 aliphatic rings. The van der Waals surface area contributed by atoms with Gasteiger partial charge in [-0.05, 0) is 43.4 Å². The summed E-state index contributed by atoms with van der Waals surface area (Å²) in [6, 6.07) is 0. The molecule has 2 unspecified atom stereocenters. The first-order chi connectivity index (χ1) is 8.49. The van der Waals surface area contributed by atoms with Crippen molar-refractivity contribution in [2.75, 3.05) is 0 Å². The number of hydrogen-bond acceptors (Lipinski definition) is 3. The van der Waals surface area contributed by atoms with Gasteiger partial charge in [-0.1, -0.05) is 13.8 Å². The normalized spacial score (nSPS) is 40.9. The van der Waals surface area contributed by atoms with Gasteiger partial charge in [-0.15, -0.1) is 0 Å². The average Bonchev–Trinajstić information content (AvgIpc) is 2.66. The third-order valence-electron chi connectivity index (χ3n) is 5.30. The minimum absolute atomic E-state index is 0.0742. The van der Waals surface area contributed by atoms with Crippen molar-refractivity contribution in [3.63, 3.8) is 0 Å². The monoisotopic (exact) mass is 252 g/mol. The van der Waals surface area contributed by atoms with E-state index in [9.17, 15) is 9.59 Å². The van der Waals surface area contributed by atoms with Gasteiger partial charge in [0.1, 0.15) is 12.4 Å². The molecule has 2 fully saturated rings. The van der Waals surface area contributed by atoms with Crippen molar-refractivity contribution in [3.8, 4) is 0 Å². The first-order valence-electron chi connectivity index (χ1n) is 7.11. The Hall–Kier alpha value is -0.860. The van der Waals surface area contributed by atoms with E-state index in [2.05, 4.69) is 6.92 Å². The quantitative estimate of drug-likeness (QED) is 0.573. The number of aldehydes is 1. The second kappa shape index (κ2) is 5.02. The first kappa shape index (κ1) is 13.6. The van der Waals surface area contributed by atoms with E-state index in [1.165, 1.54) is 6.92 Å². The Labute approximate surface area is 109 Å². The molecule has 3 nitrogen and oxygen atoms in total. The highest BCUT2D eigenvalue weighted by molar-refractivity contribution is 5.66. The van der Waals surface area contributed by atoms with Gasteiger partial charge in [-0.2, -0.15) is 0 Å². The molecule has 0 N–H and O–H groups in total. The van der Waals surface area contributed by atoms with Crippen molar-refractivity contribution in [1.29, 1.82) is 0 Å². The minimum atomic E-state index is -0.170. The summed E-state index contributed by atoms with van der Waals surface area (Å²) in [5.41, 5.74) is 0.179. The second-order valence-corrected chi connectivity index (χ2v) is 6.33. The summed E-state index contributed by atoms with van der Waals surface area (Å²) in [5.74, 6) is 0.855. The third-order valence-corrected chi connectivity index (χ3v) is 5.30. The third kappa shape index (κ3) is 2.19. The van der Waals surface area contributed by atoms with Gasteiger partial charge in [-0.25, -0.2) is 0 Å². The fraction of sp³-hybridized carbons (Fsp3) is 0.867. The Kier molecular flexibility index (Phi) is 3.79. The molecule has 0 bridgehead atoms. The van der Waals surface area contributed by atoms with Crippen molar-refractivity contribution in [1.82, 2.24) is 0 Å². The Bertz CT molecular complexity index is 339. The maximum absolute atomic E-state index is 11.2. The van der Waals surface area contributed by atoms with Gasteiger partial charge in [0.15, 0.2) is 0 Å². The van der Waals surface area contributed by atoms with Crippen LogP contribution in [0.2, 0.25) is 0 Å². The largest absolute Gasteiger partial charge is 0.462 e. The topological polar surface area (TPSA) is 43.4 Å². The van der Waals surface area contributed by atoms with Crippen LogP contribution < -0.4 is 0 Å². The summed E-state index contributed by atoms with van der Waals surface area (Å²) in [6.07, 6.45) is 6.61. The van der Waals surface area contributed by atoms with Crippen molar-refractivity contribution in [2.24, 2.45) is 23.2 Å². The van der Waals surface area contributed by atoms with E-state index in [0.29, 0.717) is 11.8 Å². The van der Waals surface area contributed by atoms with E-state index < -0.39 is 0 Å². The highest BCUT2D eigenvalue weighted by Crippen LogP contribution is 2.58. The van der Waals surface area contributed by atoms with Crippen LogP contribution >= 0.6 is 0 Å². The molecule has 0 aromatic rings. The molecule has 102 valence electrons. The lowest BCUT2D eigenvalue weighted by Crippen LogP contribution is -2.43. The standard InChI is InChI=1S/C15H24O3/c1-10(9-16)12-6-7-13-14(18-11(2)17)5-4-8-15(12,13)3/h9-10,12-14H,4-8H2,1-3H3/t10?,12-,13?,14+,15-/m1/s1. The lowest BCUT2D eigenvalue weighted by atomic mass is 9.62. The maximum atomic E-state index is 11.2. The molecule has 2 saturated carbocycles. The Morgan fingerprint density at radius 1 is 1.39 bits per heavy atom. The van der Waals surface area contributed by atoms with Crippen LogP contribution in [0.4, 0.5) is 0 Å². The van der Waals surface area contributed by atoms with Gasteiger partial charge in [0.05, 0.1) is 0 Å². The van der Waals surface area contributed by atoms with Gasteiger partial charge in [0, 0.05) is 18.8 Å². The Balaban J connectivity index is 2.17. The van der Waals surface area contributed by atoms with Gasteiger partial charge >= 0.3 is 5.97 Å². The zero-order valence-corrected chi connectivity index (χ0v) is 11.6. The number of rotatable bonds is 3. The van der Waals surface area contributed by atoms with Crippen LogP contribution in [0.15, 0.2) is 0 Å². The van der Waals surface area contributed by atoms with E-state index >= 15 is 0 Å². The van der Waals surface area contributed by atoms with E-state index in [1.54, 1.807) is 0 Å². The SMILES string of the molecule is CC(=O)O[C@H]1CCC[C@@]2(C)C1CC[C@@H]2C(C)C=O. The average molecular weight is 252 g/mol. The second-order valence-electron chi connectivity index (χ2n) is 6.33.